The van der Waals surface area contributed by atoms with Crippen LogP contribution in [0.3, 0.4) is 0 Å². The molecule has 5 heteroatoms. The van der Waals surface area contributed by atoms with Crippen LogP contribution in [0.25, 0.3) is 10.9 Å². The Morgan fingerprint density at radius 1 is 1.19 bits per heavy atom. The van der Waals surface area contributed by atoms with Gasteiger partial charge in [-0.2, -0.15) is 0 Å². The molecule has 0 aliphatic rings. The lowest BCUT2D eigenvalue weighted by atomic mass is 10.1. The van der Waals surface area contributed by atoms with Crippen LogP contribution in [0.2, 0.25) is 0 Å². The Labute approximate surface area is 120 Å². The number of ether oxygens (including phenoxy) is 1. The van der Waals surface area contributed by atoms with E-state index in [1.807, 2.05) is 12.1 Å². The number of halogens is 1. The maximum absolute atomic E-state index is 13.7. The summed E-state index contributed by atoms with van der Waals surface area (Å²) in [4.78, 5) is 15.3. The van der Waals surface area contributed by atoms with Crippen molar-refractivity contribution in [1.82, 2.24) is 4.98 Å². The molecule has 0 aliphatic heterocycles. The molecule has 0 aliphatic carbocycles. The van der Waals surface area contributed by atoms with E-state index in [1.54, 1.807) is 18.3 Å². The molecule has 3 aromatic rings. The average Bonchev–Trinajstić information content (AvgIpc) is 2.96. The van der Waals surface area contributed by atoms with E-state index in [0.29, 0.717) is 11.3 Å². The van der Waals surface area contributed by atoms with Gasteiger partial charge in [0.05, 0.1) is 12.8 Å². The van der Waals surface area contributed by atoms with Crippen molar-refractivity contribution >= 4 is 22.5 Å². The van der Waals surface area contributed by atoms with Crippen LogP contribution >= 0.6 is 0 Å². The Bertz CT molecular complexity index is 811. The molecule has 1 heterocycles. The molecule has 0 saturated heterocycles. The van der Waals surface area contributed by atoms with E-state index in [-0.39, 0.29) is 11.6 Å². The molecule has 0 saturated carbocycles. The first-order chi connectivity index (χ1) is 10.2. The molecule has 0 atom stereocenters. The summed E-state index contributed by atoms with van der Waals surface area (Å²) in [6.45, 7) is 0. The molecular weight excluding hydrogens is 271 g/mol. The normalized spacial score (nSPS) is 10.6. The van der Waals surface area contributed by atoms with E-state index in [2.05, 4.69) is 10.3 Å². The van der Waals surface area contributed by atoms with Gasteiger partial charge in [0.25, 0.3) is 5.91 Å². The van der Waals surface area contributed by atoms with Gasteiger partial charge < -0.3 is 15.0 Å². The summed E-state index contributed by atoms with van der Waals surface area (Å²) < 4.78 is 18.7. The Morgan fingerprint density at radius 3 is 2.86 bits per heavy atom. The zero-order chi connectivity index (χ0) is 14.8. The molecule has 3 rings (SSSR count). The van der Waals surface area contributed by atoms with E-state index >= 15 is 0 Å². The summed E-state index contributed by atoms with van der Waals surface area (Å²) in [5, 5.41) is 3.48. The van der Waals surface area contributed by atoms with Gasteiger partial charge in [0.2, 0.25) is 0 Å². The van der Waals surface area contributed by atoms with Crippen molar-refractivity contribution in [1.29, 1.82) is 0 Å². The Balaban J connectivity index is 1.88. The van der Waals surface area contributed by atoms with Crippen molar-refractivity contribution < 1.29 is 13.9 Å². The number of methoxy groups -OCH3 is 1. The van der Waals surface area contributed by atoms with Crippen LogP contribution in [0.5, 0.6) is 5.75 Å². The Hall–Kier alpha value is -2.82. The van der Waals surface area contributed by atoms with Gasteiger partial charge >= 0.3 is 0 Å². The monoisotopic (exact) mass is 284 g/mol. The molecule has 21 heavy (non-hydrogen) atoms. The van der Waals surface area contributed by atoms with Gasteiger partial charge in [-0.15, -0.1) is 0 Å². The predicted molar refractivity (Wildman–Crippen MR) is 79.2 cm³/mol. The van der Waals surface area contributed by atoms with Gasteiger partial charge in [-0.1, -0.05) is 0 Å². The number of amides is 1. The molecule has 0 bridgehead atoms. The lowest BCUT2D eigenvalue weighted by Crippen LogP contribution is -2.13. The van der Waals surface area contributed by atoms with Crippen molar-refractivity contribution in [3.63, 3.8) is 0 Å². The van der Waals surface area contributed by atoms with Gasteiger partial charge in [-0.3, -0.25) is 4.79 Å². The van der Waals surface area contributed by atoms with Crippen LogP contribution in [-0.2, 0) is 0 Å². The van der Waals surface area contributed by atoms with Crippen LogP contribution in [0.4, 0.5) is 10.1 Å². The smallest absolute Gasteiger partial charge is 0.255 e. The fourth-order valence-corrected chi connectivity index (χ4v) is 2.12. The first-order valence-electron chi connectivity index (χ1n) is 6.39. The highest BCUT2D eigenvalue weighted by Crippen LogP contribution is 2.22. The maximum atomic E-state index is 13.7. The number of hydrogen-bond donors (Lipinski definition) is 2. The lowest BCUT2D eigenvalue weighted by molar-refractivity contribution is 0.102. The van der Waals surface area contributed by atoms with E-state index in [9.17, 15) is 9.18 Å². The third kappa shape index (κ3) is 2.58. The van der Waals surface area contributed by atoms with E-state index in [0.717, 1.165) is 10.9 Å². The summed E-state index contributed by atoms with van der Waals surface area (Å²) in [5.41, 5.74) is 1.50. The minimum Gasteiger partial charge on any atom is -0.497 e. The number of nitrogens with one attached hydrogen (secondary N) is 2. The van der Waals surface area contributed by atoms with E-state index in [1.165, 1.54) is 25.3 Å². The topological polar surface area (TPSA) is 54.1 Å². The molecule has 0 fully saturated rings. The Morgan fingerprint density at radius 2 is 2.05 bits per heavy atom. The average molecular weight is 284 g/mol. The maximum Gasteiger partial charge on any atom is 0.255 e. The second-order valence-corrected chi connectivity index (χ2v) is 4.58. The molecular formula is C16H13FN2O2. The number of aromatic nitrogens is 1. The molecule has 1 amide bonds. The van der Waals surface area contributed by atoms with Gasteiger partial charge in [0.15, 0.2) is 0 Å². The number of fused-ring (bicyclic) bond motifs is 1. The number of aromatic amines is 1. The summed E-state index contributed by atoms with van der Waals surface area (Å²) >= 11 is 0. The number of hydrogen-bond acceptors (Lipinski definition) is 2. The van der Waals surface area contributed by atoms with Crippen LogP contribution in [-0.4, -0.2) is 18.0 Å². The Kier molecular flexibility index (Phi) is 3.31. The molecule has 0 unspecified atom stereocenters. The first-order valence-corrected chi connectivity index (χ1v) is 6.39. The molecule has 2 aromatic carbocycles. The van der Waals surface area contributed by atoms with Gasteiger partial charge in [0.1, 0.15) is 11.6 Å². The van der Waals surface area contributed by atoms with Crippen molar-refractivity contribution in [3.05, 3.63) is 60.0 Å². The van der Waals surface area contributed by atoms with Crippen LogP contribution in [0.15, 0.2) is 48.7 Å². The van der Waals surface area contributed by atoms with Gasteiger partial charge in [-0.05, 0) is 36.4 Å². The zero-order valence-corrected chi connectivity index (χ0v) is 11.3. The molecule has 2 N–H and O–H groups in total. The van der Waals surface area contributed by atoms with Gasteiger partial charge in [-0.25, -0.2) is 4.39 Å². The van der Waals surface area contributed by atoms with Crippen molar-refractivity contribution in [3.8, 4) is 5.75 Å². The molecule has 0 radical (unpaired) electrons. The van der Waals surface area contributed by atoms with Crippen molar-refractivity contribution in [2.75, 3.05) is 12.4 Å². The van der Waals surface area contributed by atoms with E-state index < -0.39 is 5.82 Å². The summed E-state index contributed by atoms with van der Waals surface area (Å²) in [7, 11) is 1.48. The molecule has 106 valence electrons. The number of H-pyrrole nitrogens is 1. The first kappa shape index (κ1) is 13.2. The highest BCUT2D eigenvalue weighted by Gasteiger charge is 2.11. The predicted octanol–water partition coefficient (Wildman–Crippen LogP) is 3.57. The van der Waals surface area contributed by atoms with Gasteiger partial charge in [0, 0.05) is 28.7 Å². The second kappa shape index (κ2) is 5.28. The van der Waals surface area contributed by atoms with Crippen LogP contribution in [0.1, 0.15) is 10.4 Å². The lowest BCUT2D eigenvalue weighted by Gasteiger charge is -2.08. The van der Waals surface area contributed by atoms with Crippen molar-refractivity contribution in [2.24, 2.45) is 0 Å². The quantitative estimate of drug-likeness (QED) is 0.772. The van der Waals surface area contributed by atoms with Crippen LogP contribution in [0, 0.1) is 5.82 Å². The molecule has 0 spiro atoms. The zero-order valence-electron chi connectivity index (χ0n) is 11.3. The van der Waals surface area contributed by atoms with E-state index in [4.69, 9.17) is 4.74 Å². The fourth-order valence-electron chi connectivity index (χ4n) is 2.12. The summed E-state index contributed by atoms with van der Waals surface area (Å²) in [5.74, 6) is -0.398. The number of benzene rings is 2. The number of rotatable bonds is 3. The largest absolute Gasteiger partial charge is 0.497 e. The second-order valence-electron chi connectivity index (χ2n) is 4.58. The minimum atomic E-state index is -0.508. The highest BCUT2D eigenvalue weighted by atomic mass is 19.1. The van der Waals surface area contributed by atoms with Crippen molar-refractivity contribution in [2.45, 2.75) is 0 Å². The number of carbonyl (C=O) groups is 1. The fraction of sp³-hybridized carbons (Fsp3) is 0.0625. The summed E-state index contributed by atoms with van der Waals surface area (Å²) in [6, 6.07) is 11.3. The molecule has 4 nitrogen and oxygen atoms in total. The standard InChI is InChI=1S/C16H13FN2O2/c1-21-12-3-4-13(17)15(9-12)19-16(20)11-2-5-14-10(8-11)6-7-18-14/h2-9,18H,1H3,(H,19,20). The minimum absolute atomic E-state index is 0.0912. The highest BCUT2D eigenvalue weighted by molar-refractivity contribution is 6.06. The number of anilines is 1. The third-order valence-electron chi connectivity index (χ3n) is 3.24. The third-order valence-corrected chi connectivity index (χ3v) is 3.24. The molecule has 1 aromatic heterocycles. The van der Waals surface area contributed by atoms with Crippen LogP contribution < -0.4 is 10.1 Å². The summed E-state index contributed by atoms with van der Waals surface area (Å²) in [6.07, 6.45) is 1.80. The number of carbonyl (C=O) groups excluding carboxylic acids is 1. The SMILES string of the molecule is COc1ccc(F)c(NC(=O)c2ccc3[nH]ccc3c2)c1.